The van der Waals surface area contributed by atoms with Crippen LogP contribution in [0.2, 0.25) is 5.02 Å². The number of nitrogens with zero attached hydrogens (tertiary/aromatic N) is 1. The summed E-state index contributed by atoms with van der Waals surface area (Å²) in [4.78, 5) is 11.7. The minimum absolute atomic E-state index is 0.152. The Morgan fingerprint density at radius 3 is 2.88 bits per heavy atom. The van der Waals surface area contributed by atoms with Crippen molar-refractivity contribution >= 4 is 45.0 Å². The monoisotopic (exact) mass is 319 g/mol. The van der Waals surface area contributed by atoms with Crippen LogP contribution in [-0.2, 0) is 4.79 Å². The molecule has 0 aliphatic carbocycles. The lowest BCUT2D eigenvalue weighted by molar-refractivity contribution is -0.117. The zero-order valence-electron chi connectivity index (χ0n) is 8.95. The van der Waals surface area contributed by atoms with E-state index in [4.69, 9.17) is 22.5 Å². The number of nitrogens with one attached hydrogen (secondary N) is 1. The predicted molar refractivity (Wildman–Crippen MR) is 70.4 cm³/mol. The Kier molecular flexibility index (Phi) is 4.77. The summed E-state index contributed by atoms with van der Waals surface area (Å²) in [5, 5.41) is 14.4. The number of carbonyl (C=O) groups is 1. The van der Waals surface area contributed by atoms with Crippen molar-refractivity contribution in [3.8, 4) is 0 Å². The number of anilines is 1. The molecule has 92 valence electrons. The highest BCUT2D eigenvalue weighted by Crippen LogP contribution is 2.30. The van der Waals surface area contributed by atoms with E-state index in [2.05, 4.69) is 26.4 Å². The van der Waals surface area contributed by atoms with Crippen molar-refractivity contribution in [3.63, 3.8) is 0 Å². The Bertz CT molecular complexity index is 465. The molecule has 1 amide bonds. The molecule has 0 saturated heterocycles. The minimum atomic E-state index is -0.731. The van der Waals surface area contributed by atoms with Gasteiger partial charge in [-0.3, -0.25) is 4.79 Å². The third-order valence-corrected chi connectivity index (χ3v) is 3.56. The number of carbonyl (C=O) groups excluding carboxylic acids is 1. The van der Waals surface area contributed by atoms with Crippen LogP contribution in [0, 0.1) is 5.92 Å². The van der Waals surface area contributed by atoms with Crippen molar-refractivity contribution in [1.29, 1.82) is 0 Å². The second kappa shape index (κ2) is 5.88. The molecule has 17 heavy (non-hydrogen) atoms. The number of halogens is 2. The SMILES string of the molecule is CC(C(=O)Nc1cccc(Cl)c1Br)/C(N)=N/O. The van der Waals surface area contributed by atoms with E-state index in [0.29, 0.717) is 15.2 Å². The summed E-state index contributed by atoms with van der Waals surface area (Å²) in [5.41, 5.74) is 5.87. The van der Waals surface area contributed by atoms with Crippen LogP contribution < -0.4 is 11.1 Å². The second-order valence-electron chi connectivity index (χ2n) is 3.34. The molecule has 7 heteroatoms. The lowest BCUT2D eigenvalue weighted by Gasteiger charge is -2.12. The maximum Gasteiger partial charge on any atom is 0.234 e. The van der Waals surface area contributed by atoms with Crippen molar-refractivity contribution in [2.45, 2.75) is 6.92 Å². The third kappa shape index (κ3) is 3.34. The van der Waals surface area contributed by atoms with Crippen LogP contribution >= 0.6 is 27.5 Å². The number of nitrogens with two attached hydrogens (primary N) is 1. The van der Waals surface area contributed by atoms with Gasteiger partial charge in [0.15, 0.2) is 5.84 Å². The highest BCUT2D eigenvalue weighted by Gasteiger charge is 2.18. The normalized spacial score (nSPS) is 13.2. The number of amides is 1. The van der Waals surface area contributed by atoms with Gasteiger partial charge in [0.2, 0.25) is 5.91 Å². The second-order valence-corrected chi connectivity index (χ2v) is 4.54. The lowest BCUT2D eigenvalue weighted by Crippen LogP contribution is -2.32. The Morgan fingerprint density at radius 1 is 1.65 bits per heavy atom. The molecule has 0 aliphatic heterocycles. The fourth-order valence-electron chi connectivity index (χ4n) is 1.06. The van der Waals surface area contributed by atoms with Crippen LogP contribution in [0.1, 0.15) is 6.92 Å². The van der Waals surface area contributed by atoms with E-state index in [1.165, 1.54) is 6.92 Å². The molecule has 1 unspecified atom stereocenters. The Balaban J connectivity index is 2.85. The number of hydrogen-bond donors (Lipinski definition) is 3. The summed E-state index contributed by atoms with van der Waals surface area (Å²) >= 11 is 9.13. The van der Waals surface area contributed by atoms with Crippen molar-refractivity contribution in [3.05, 3.63) is 27.7 Å². The summed E-state index contributed by atoms with van der Waals surface area (Å²) in [6.45, 7) is 1.53. The Labute approximate surface area is 112 Å². The molecular weight excluding hydrogens is 309 g/mol. The van der Waals surface area contributed by atoms with E-state index in [0.717, 1.165) is 0 Å². The van der Waals surface area contributed by atoms with Gasteiger partial charge in [0.05, 0.1) is 21.1 Å². The summed E-state index contributed by atoms with van der Waals surface area (Å²) in [6.07, 6.45) is 0. The zero-order chi connectivity index (χ0) is 13.0. The number of amidine groups is 1. The molecule has 0 heterocycles. The first-order chi connectivity index (χ1) is 7.97. The molecule has 1 aromatic carbocycles. The number of hydrogen-bond acceptors (Lipinski definition) is 3. The maximum atomic E-state index is 11.7. The molecule has 0 bridgehead atoms. The molecule has 0 spiro atoms. The first kappa shape index (κ1) is 13.8. The Hall–Kier alpha value is -1.27. The van der Waals surface area contributed by atoms with Crippen molar-refractivity contribution < 1.29 is 10.0 Å². The van der Waals surface area contributed by atoms with Crippen molar-refractivity contribution in [1.82, 2.24) is 0 Å². The van der Waals surface area contributed by atoms with Crippen molar-refractivity contribution in [2.75, 3.05) is 5.32 Å². The van der Waals surface area contributed by atoms with Gasteiger partial charge in [-0.2, -0.15) is 0 Å². The minimum Gasteiger partial charge on any atom is -0.409 e. The molecule has 0 radical (unpaired) electrons. The smallest absolute Gasteiger partial charge is 0.234 e. The largest absolute Gasteiger partial charge is 0.409 e. The van der Waals surface area contributed by atoms with Gasteiger partial charge in [-0.15, -0.1) is 0 Å². The lowest BCUT2D eigenvalue weighted by atomic mass is 10.1. The van der Waals surface area contributed by atoms with Crippen LogP contribution in [0.15, 0.2) is 27.8 Å². The van der Waals surface area contributed by atoms with Gasteiger partial charge in [-0.25, -0.2) is 0 Å². The van der Waals surface area contributed by atoms with E-state index < -0.39 is 5.92 Å². The van der Waals surface area contributed by atoms with Gasteiger partial charge in [0, 0.05) is 0 Å². The van der Waals surface area contributed by atoms with Gasteiger partial charge in [-0.1, -0.05) is 22.8 Å². The van der Waals surface area contributed by atoms with E-state index in [-0.39, 0.29) is 11.7 Å². The van der Waals surface area contributed by atoms with Gasteiger partial charge in [0.25, 0.3) is 0 Å². The van der Waals surface area contributed by atoms with Gasteiger partial charge >= 0.3 is 0 Å². The first-order valence-electron chi connectivity index (χ1n) is 4.69. The summed E-state index contributed by atoms with van der Waals surface area (Å²) in [7, 11) is 0. The molecule has 5 nitrogen and oxygen atoms in total. The molecule has 1 atom stereocenters. The average molecular weight is 321 g/mol. The van der Waals surface area contributed by atoms with E-state index in [9.17, 15) is 4.79 Å². The third-order valence-electron chi connectivity index (χ3n) is 2.16. The molecule has 1 rings (SSSR count). The highest BCUT2D eigenvalue weighted by molar-refractivity contribution is 9.10. The maximum absolute atomic E-state index is 11.7. The molecular formula is C10H11BrClN3O2. The number of oxime groups is 1. The average Bonchev–Trinajstić information content (AvgIpc) is 2.32. The van der Waals surface area contributed by atoms with Crippen LogP contribution in [0.5, 0.6) is 0 Å². The molecule has 0 aromatic heterocycles. The molecule has 1 aromatic rings. The Morgan fingerprint density at radius 2 is 2.29 bits per heavy atom. The van der Waals surface area contributed by atoms with E-state index in [1.54, 1.807) is 18.2 Å². The molecule has 4 N–H and O–H groups in total. The van der Waals surface area contributed by atoms with Crippen LogP contribution in [0.3, 0.4) is 0 Å². The fourth-order valence-corrected chi connectivity index (χ4v) is 1.60. The summed E-state index contributed by atoms with van der Waals surface area (Å²) in [6, 6.07) is 5.08. The molecule has 0 fully saturated rings. The van der Waals surface area contributed by atoms with Gasteiger partial charge < -0.3 is 16.3 Å². The highest BCUT2D eigenvalue weighted by atomic mass is 79.9. The topological polar surface area (TPSA) is 87.7 Å². The first-order valence-corrected chi connectivity index (χ1v) is 5.86. The van der Waals surface area contributed by atoms with Crippen LogP contribution in [0.25, 0.3) is 0 Å². The van der Waals surface area contributed by atoms with Gasteiger partial charge in [-0.05, 0) is 35.0 Å². The summed E-state index contributed by atoms with van der Waals surface area (Å²) < 4.78 is 0.585. The predicted octanol–water partition coefficient (Wildman–Crippen LogP) is 2.42. The van der Waals surface area contributed by atoms with Crippen LogP contribution in [-0.4, -0.2) is 17.0 Å². The molecule has 0 aliphatic rings. The quantitative estimate of drug-likeness (QED) is 0.346. The number of benzene rings is 1. The van der Waals surface area contributed by atoms with Crippen LogP contribution in [0.4, 0.5) is 5.69 Å². The molecule has 0 saturated carbocycles. The van der Waals surface area contributed by atoms with E-state index in [1.807, 2.05) is 0 Å². The summed E-state index contributed by atoms with van der Waals surface area (Å²) in [5.74, 6) is -1.27. The van der Waals surface area contributed by atoms with Gasteiger partial charge in [0.1, 0.15) is 0 Å². The van der Waals surface area contributed by atoms with E-state index >= 15 is 0 Å². The van der Waals surface area contributed by atoms with Crippen molar-refractivity contribution in [2.24, 2.45) is 16.8 Å². The fraction of sp³-hybridized carbons (Fsp3) is 0.200. The standard InChI is InChI=1S/C10H11BrClN3O2/c1-5(9(13)15-17)10(16)14-7-4-2-3-6(12)8(7)11/h2-5,17H,1H3,(H2,13,15)(H,14,16). The zero-order valence-corrected chi connectivity index (χ0v) is 11.3. The number of rotatable bonds is 3.